The van der Waals surface area contributed by atoms with Crippen molar-refractivity contribution in [1.82, 2.24) is 0 Å². The third-order valence-corrected chi connectivity index (χ3v) is 21.4. The summed E-state index contributed by atoms with van der Waals surface area (Å²) in [4.78, 5) is 14.5. The van der Waals surface area contributed by atoms with Gasteiger partial charge < -0.3 is 109 Å². The van der Waals surface area contributed by atoms with Crippen molar-refractivity contribution >= 4 is 16.4 Å². The Balaban J connectivity index is 0.915. The van der Waals surface area contributed by atoms with Crippen molar-refractivity contribution in [1.29, 1.82) is 0 Å². The Labute approximate surface area is 476 Å². The Morgan fingerprint density at radius 3 is 1.88 bits per heavy atom. The van der Waals surface area contributed by atoms with Crippen LogP contribution in [0.2, 0.25) is 0 Å². The van der Waals surface area contributed by atoms with Crippen LogP contribution in [0.1, 0.15) is 107 Å². The molecule has 8 fully saturated rings. The van der Waals surface area contributed by atoms with Crippen molar-refractivity contribution in [2.24, 2.45) is 39.4 Å². The fourth-order valence-corrected chi connectivity index (χ4v) is 16.9. The molecule has 27 nitrogen and oxygen atoms in total. The Morgan fingerprint density at radius 2 is 1.28 bits per heavy atom. The molecule has 9 aliphatic rings. The minimum atomic E-state index is -5.20. The number of cyclic esters (lactones) is 1. The van der Waals surface area contributed by atoms with Gasteiger partial charge in [0.1, 0.15) is 96.5 Å². The van der Waals surface area contributed by atoms with E-state index in [2.05, 4.69) is 6.92 Å². The minimum Gasteiger partial charge on any atom is -0.453 e. The number of allylic oxidation sites excluding steroid dienone is 1. The second-order valence-electron chi connectivity index (χ2n) is 26.1. The Hall–Kier alpha value is -1.76. The number of fused-ring (bicyclic) bond motifs is 4. The molecule has 5 heterocycles. The van der Waals surface area contributed by atoms with E-state index in [4.69, 9.17) is 51.6 Å². The number of carbonyl (C=O) groups is 1. The molecule has 0 aromatic carbocycles. The number of aliphatic hydroxyl groups is 12. The average molecular weight is 1200 g/mol. The first kappa shape index (κ1) is 64.7. The number of carbonyl (C=O) groups excluding carboxylic acids is 1. The van der Waals surface area contributed by atoms with E-state index in [0.717, 1.165) is 5.57 Å². The van der Waals surface area contributed by atoms with Crippen molar-refractivity contribution in [3.05, 3.63) is 11.6 Å². The number of hydrogen-bond donors (Lipinski definition) is 13. The van der Waals surface area contributed by atoms with Crippen LogP contribution in [0.25, 0.3) is 0 Å². The Bertz CT molecular complexity index is 2420. The van der Waals surface area contributed by atoms with Gasteiger partial charge in [-0.2, -0.15) is 8.42 Å². The van der Waals surface area contributed by atoms with Crippen molar-refractivity contribution in [3.63, 3.8) is 0 Å². The fraction of sp³-hybridized carbons (Fsp3) is 0.944. The Kier molecular flexibility index (Phi) is 18.4. The zero-order chi connectivity index (χ0) is 60.4. The fourth-order valence-electron chi connectivity index (χ4n) is 16.4. The molecule has 13 N–H and O–H groups in total. The van der Waals surface area contributed by atoms with E-state index in [9.17, 15) is 79.0 Å². The highest BCUT2D eigenvalue weighted by Crippen LogP contribution is 2.77. The number of aliphatic hydroxyl groups excluding tert-OH is 11. The molecule has 3 saturated carbocycles. The zero-order valence-corrected chi connectivity index (χ0v) is 48.5. The molecule has 472 valence electrons. The van der Waals surface area contributed by atoms with Crippen LogP contribution >= 0.6 is 0 Å². The summed E-state index contributed by atoms with van der Waals surface area (Å²) in [5.74, 6) is -0.905. The van der Waals surface area contributed by atoms with Gasteiger partial charge in [0.05, 0.1) is 44.2 Å². The first-order valence-electron chi connectivity index (χ1n) is 28.6. The monoisotopic (exact) mass is 1200 g/mol. The zero-order valence-electron chi connectivity index (χ0n) is 47.7. The Morgan fingerprint density at radius 1 is 0.695 bits per heavy atom. The van der Waals surface area contributed by atoms with Gasteiger partial charge in [0.15, 0.2) is 30.8 Å². The van der Waals surface area contributed by atoms with Crippen LogP contribution in [0.5, 0.6) is 0 Å². The number of esters is 1. The second-order valence-corrected chi connectivity index (χ2v) is 27.1. The van der Waals surface area contributed by atoms with Gasteiger partial charge in [-0.3, -0.25) is 9.35 Å². The number of methoxy groups -OCH3 is 1. The highest BCUT2D eigenvalue weighted by molar-refractivity contribution is 7.80. The lowest BCUT2D eigenvalue weighted by molar-refractivity contribution is -0.389. The van der Waals surface area contributed by atoms with Crippen molar-refractivity contribution in [2.45, 2.75) is 253 Å². The van der Waals surface area contributed by atoms with Crippen LogP contribution < -0.4 is 0 Å². The van der Waals surface area contributed by atoms with Gasteiger partial charge in [-0.1, -0.05) is 53.2 Å². The molecule has 0 amide bonds. The molecule has 5 saturated heterocycles. The molecular formula is C54H88O27S. The van der Waals surface area contributed by atoms with Crippen molar-refractivity contribution in [3.8, 4) is 0 Å². The quantitative estimate of drug-likeness (QED) is 0.0312. The molecule has 0 radical (unpaired) electrons. The summed E-state index contributed by atoms with van der Waals surface area (Å²) < 4.78 is 97.7. The molecule has 1 spiro atoms. The molecule has 29 atom stereocenters. The number of hydrogen-bond acceptors (Lipinski definition) is 26. The topological polar surface area (TPSA) is 416 Å². The van der Waals surface area contributed by atoms with E-state index in [1.54, 1.807) is 13.0 Å². The van der Waals surface area contributed by atoms with E-state index in [1.165, 1.54) is 14.0 Å². The number of rotatable bonds is 17. The predicted molar refractivity (Wildman–Crippen MR) is 275 cm³/mol. The van der Waals surface area contributed by atoms with E-state index in [0.29, 0.717) is 38.5 Å². The second kappa shape index (κ2) is 23.3. The maximum absolute atomic E-state index is 14.5. The smallest absolute Gasteiger partial charge is 0.397 e. The van der Waals surface area contributed by atoms with Crippen molar-refractivity contribution in [2.75, 3.05) is 26.9 Å². The maximum atomic E-state index is 14.5. The maximum Gasteiger partial charge on any atom is 0.397 e. The summed E-state index contributed by atoms with van der Waals surface area (Å²) in [6.07, 6.45) is -30.6. The van der Waals surface area contributed by atoms with Crippen LogP contribution in [0.3, 0.4) is 0 Å². The standard InChI is InChI=1S/C54H88O27S/c1-22(2)10-13-30(57)52(8)53(67)17-16-51(7)24-11-12-29-49(4,5)32(14-15-50(29,6)25(24)18-31(58)54(51,53)48(66)80-52)76-47-43(35(61)28(21-72-47)81-82(68,69)70)79-44-37(63)36(62)40(23(3)73-44)77-46-39(65)42(34(60)27(20-56)75-46)78-45-38(64)41(71-9)33(59)26(19-55)74-45/h18,22-24,26-47,55-65,67H,10-17,19-21H2,1-9H3,(H,68,69,70)/t23-,24-,26-,27-,28-,29+,30?,31+,32+,33-,34-,35+,36-,37-,38-,39-,40-,41+,42+,43-,44+,45+,46+,47+,50-,51+,52+,53+,54-/m1/s1. The first-order valence-corrected chi connectivity index (χ1v) is 30.0. The number of ether oxygens (including phenoxy) is 10. The van der Waals surface area contributed by atoms with Crippen LogP contribution in [0, 0.1) is 39.4 Å². The lowest BCUT2D eigenvalue weighted by Gasteiger charge is -2.64. The molecule has 0 bridgehead atoms. The molecule has 5 aliphatic heterocycles. The van der Waals surface area contributed by atoms with Gasteiger partial charge in [0.25, 0.3) is 0 Å². The van der Waals surface area contributed by atoms with Gasteiger partial charge >= 0.3 is 16.4 Å². The molecular weight excluding hydrogens is 1110 g/mol. The lowest BCUT2D eigenvalue weighted by Crippen LogP contribution is -2.69. The van der Waals surface area contributed by atoms with Gasteiger partial charge in [-0.05, 0) is 99.2 Å². The molecule has 0 aromatic heterocycles. The minimum absolute atomic E-state index is 0.123. The summed E-state index contributed by atoms with van der Waals surface area (Å²) in [6, 6.07) is 0. The SMILES string of the molecule is CO[C@@H]1[C@@H](O)[C@H](O[C@@H]2[C@@H](O)[C@H](O[C@H]3[C@H](O)[C@@H](O)[C@H](O[C@H]4[C@H](O[C@H]5CC[C@]6(C)C7=C[C@H](O)[C@]89C(=O)O[C@@](C)(C(O)CCC(C)C)[C@@]8(O)CC[C@@]9(C)[C@@H]7CC[C@H]6C5(C)C)OC[C@@H](OS(=O)(=O)O)[C@@H]4O)O[C@@H]3C)O[C@H](CO)[C@H]2O)O[C@H](CO)[C@H]1O. The van der Waals surface area contributed by atoms with Crippen LogP contribution in [-0.2, 0) is 66.7 Å². The normalized spacial score (nSPS) is 51.6. The highest BCUT2D eigenvalue weighted by Gasteiger charge is 2.86. The van der Waals surface area contributed by atoms with E-state index < -0.39 is 204 Å². The lowest BCUT2D eigenvalue weighted by atomic mass is 9.40. The van der Waals surface area contributed by atoms with Gasteiger partial charge in [0, 0.05) is 7.11 Å². The summed E-state index contributed by atoms with van der Waals surface area (Å²) in [7, 11) is -4.02. The highest BCUT2D eigenvalue weighted by atomic mass is 32.3. The summed E-state index contributed by atoms with van der Waals surface area (Å²) >= 11 is 0. The van der Waals surface area contributed by atoms with Gasteiger partial charge in [-0.15, -0.1) is 0 Å². The van der Waals surface area contributed by atoms with Crippen LogP contribution in [0.15, 0.2) is 11.6 Å². The summed E-state index contributed by atoms with van der Waals surface area (Å²) in [6.45, 7) is 12.8. The van der Waals surface area contributed by atoms with Gasteiger partial charge in [-0.25, -0.2) is 4.18 Å². The third kappa shape index (κ3) is 10.3. The molecule has 82 heavy (non-hydrogen) atoms. The van der Waals surface area contributed by atoms with E-state index in [-0.39, 0.29) is 30.6 Å². The van der Waals surface area contributed by atoms with E-state index in [1.807, 2.05) is 34.6 Å². The summed E-state index contributed by atoms with van der Waals surface area (Å²) in [5.41, 5.74) is -6.66. The molecule has 1 unspecified atom stereocenters. The third-order valence-electron chi connectivity index (χ3n) is 20.9. The predicted octanol–water partition coefficient (Wildman–Crippen LogP) is -2.42. The van der Waals surface area contributed by atoms with Crippen LogP contribution in [0.4, 0.5) is 0 Å². The average Bonchev–Trinajstić information content (AvgIpc) is 1.49. The molecule has 28 heteroatoms. The summed E-state index contributed by atoms with van der Waals surface area (Å²) in [5, 5.41) is 136. The molecule has 9 rings (SSSR count). The molecule has 0 aromatic rings. The first-order chi connectivity index (χ1) is 38.2. The largest absolute Gasteiger partial charge is 0.453 e. The van der Waals surface area contributed by atoms with Crippen LogP contribution in [-0.4, -0.2) is 253 Å². The van der Waals surface area contributed by atoms with Crippen molar-refractivity contribution < 1.29 is 131 Å². The van der Waals surface area contributed by atoms with E-state index >= 15 is 0 Å². The van der Waals surface area contributed by atoms with Gasteiger partial charge in [0.2, 0.25) is 0 Å². The molecule has 4 aliphatic carbocycles.